The van der Waals surface area contributed by atoms with Crippen LogP contribution in [0.25, 0.3) is 0 Å². The molecule has 2 aliphatic heterocycles. The van der Waals surface area contributed by atoms with Crippen molar-refractivity contribution in [2.75, 3.05) is 34.3 Å². The molecule has 0 aromatic rings. The molecule has 2 atom stereocenters. The summed E-state index contributed by atoms with van der Waals surface area (Å²) >= 11 is 0. The maximum atomic E-state index is 7.00. The van der Waals surface area contributed by atoms with E-state index in [0.29, 0.717) is 0 Å². The van der Waals surface area contributed by atoms with Crippen molar-refractivity contribution in [3.05, 3.63) is 0 Å². The molecule has 0 aromatic heterocycles. The largest absolute Gasteiger partial charge is 0.400 e. The highest BCUT2D eigenvalue weighted by molar-refractivity contribution is 4.71. The van der Waals surface area contributed by atoms with Crippen LogP contribution in [0.5, 0.6) is 0 Å². The zero-order chi connectivity index (χ0) is 12.6. The zero-order valence-corrected chi connectivity index (χ0v) is 11.7. The third-order valence-corrected chi connectivity index (χ3v) is 3.77. The van der Waals surface area contributed by atoms with E-state index >= 15 is 0 Å². The van der Waals surface area contributed by atoms with Crippen molar-refractivity contribution in [3.8, 4) is 0 Å². The van der Waals surface area contributed by atoms with Crippen LogP contribution in [0.4, 0.5) is 0 Å². The second kappa shape index (κ2) is 8.97. The lowest BCUT2D eigenvalue weighted by molar-refractivity contribution is 0.331. The smallest absolute Gasteiger partial charge is 0.0319 e. The van der Waals surface area contributed by atoms with Crippen LogP contribution in [-0.2, 0) is 0 Å². The van der Waals surface area contributed by atoms with Gasteiger partial charge < -0.3 is 14.9 Å². The Balaban J connectivity index is 0.000000244. The molecule has 2 fully saturated rings. The van der Waals surface area contributed by atoms with Crippen LogP contribution < -0.4 is 0 Å². The molecular weight excluding hydrogens is 200 g/mol. The van der Waals surface area contributed by atoms with Gasteiger partial charge in [0.1, 0.15) is 0 Å². The molecule has 0 aromatic carbocycles. The Kier molecular flexibility index (Phi) is 8.90. The SMILES string of the molecule is CC1CCCN1C.CC1CCCN1C.CO. The van der Waals surface area contributed by atoms with Gasteiger partial charge in [0.05, 0.1) is 0 Å². The molecule has 2 heterocycles. The Labute approximate surface area is 101 Å². The molecule has 3 nitrogen and oxygen atoms in total. The molecular formula is C13H30N2O. The van der Waals surface area contributed by atoms with Crippen LogP contribution in [0.3, 0.4) is 0 Å². The second-order valence-corrected chi connectivity index (χ2v) is 4.94. The molecule has 2 rings (SSSR count). The second-order valence-electron chi connectivity index (χ2n) is 4.94. The minimum Gasteiger partial charge on any atom is -0.400 e. The topological polar surface area (TPSA) is 26.7 Å². The minimum atomic E-state index is 0.847. The van der Waals surface area contributed by atoms with Gasteiger partial charge in [0.2, 0.25) is 0 Å². The molecule has 1 N–H and O–H groups in total. The van der Waals surface area contributed by atoms with Gasteiger partial charge in [-0.15, -0.1) is 0 Å². The maximum Gasteiger partial charge on any atom is 0.0319 e. The Morgan fingerprint density at radius 1 is 0.812 bits per heavy atom. The van der Waals surface area contributed by atoms with E-state index in [4.69, 9.17) is 5.11 Å². The van der Waals surface area contributed by atoms with Crippen molar-refractivity contribution in [1.29, 1.82) is 0 Å². The molecule has 0 spiro atoms. The summed E-state index contributed by atoms with van der Waals surface area (Å²) in [7, 11) is 5.38. The Bertz CT molecular complexity index is 130. The van der Waals surface area contributed by atoms with Crippen molar-refractivity contribution in [1.82, 2.24) is 9.80 Å². The maximum absolute atomic E-state index is 7.00. The van der Waals surface area contributed by atoms with E-state index < -0.39 is 0 Å². The van der Waals surface area contributed by atoms with Crippen LogP contribution in [0.15, 0.2) is 0 Å². The standard InChI is InChI=1S/2C6H13N.CH4O/c2*1-6-4-3-5-7(6)2;1-2/h2*6H,3-5H2,1-2H3;2H,1H3. The molecule has 2 aliphatic rings. The lowest BCUT2D eigenvalue weighted by atomic mass is 10.3. The lowest BCUT2D eigenvalue weighted by Crippen LogP contribution is -2.20. The summed E-state index contributed by atoms with van der Waals surface area (Å²) < 4.78 is 0. The highest BCUT2D eigenvalue weighted by Gasteiger charge is 2.14. The van der Waals surface area contributed by atoms with Gasteiger partial charge in [-0.25, -0.2) is 0 Å². The van der Waals surface area contributed by atoms with Crippen LogP contribution in [0.2, 0.25) is 0 Å². The van der Waals surface area contributed by atoms with Gasteiger partial charge in [-0.2, -0.15) is 0 Å². The predicted octanol–water partition coefficient (Wildman–Crippen LogP) is 1.81. The van der Waals surface area contributed by atoms with Crippen molar-refractivity contribution in [3.63, 3.8) is 0 Å². The normalized spacial score (nSPS) is 30.4. The number of rotatable bonds is 0. The molecule has 0 saturated carbocycles. The zero-order valence-electron chi connectivity index (χ0n) is 11.7. The van der Waals surface area contributed by atoms with Gasteiger partial charge in [0.25, 0.3) is 0 Å². The minimum absolute atomic E-state index is 0.847. The van der Waals surface area contributed by atoms with Crippen molar-refractivity contribution in [2.24, 2.45) is 0 Å². The van der Waals surface area contributed by atoms with Crippen LogP contribution in [-0.4, -0.2) is 61.3 Å². The van der Waals surface area contributed by atoms with Gasteiger partial charge in [-0.3, -0.25) is 0 Å². The molecule has 16 heavy (non-hydrogen) atoms. The lowest BCUT2D eigenvalue weighted by Gasteiger charge is -2.12. The van der Waals surface area contributed by atoms with Gasteiger partial charge in [-0.05, 0) is 66.7 Å². The van der Waals surface area contributed by atoms with E-state index in [0.717, 1.165) is 19.2 Å². The summed E-state index contributed by atoms with van der Waals surface area (Å²) in [5.74, 6) is 0. The monoisotopic (exact) mass is 230 g/mol. The van der Waals surface area contributed by atoms with E-state index in [1.165, 1.54) is 38.8 Å². The number of aliphatic hydroxyl groups is 1. The first-order chi connectivity index (χ1) is 7.61. The Morgan fingerprint density at radius 3 is 1.19 bits per heavy atom. The van der Waals surface area contributed by atoms with Gasteiger partial charge >= 0.3 is 0 Å². The van der Waals surface area contributed by atoms with E-state index in [2.05, 4.69) is 37.7 Å². The van der Waals surface area contributed by atoms with Crippen molar-refractivity contribution >= 4 is 0 Å². The van der Waals surface area contributed by atoms with E-state index in [1.54, 1.807) is 0 Å². The fraction of sp³-hybridized carbons (Fsp3) is 1.00. The van der Waals surface area contributed by atoms with Crippen molar-refractivity contribution in [2.45, 2.75) is 51.6 Å². The summed E-state index contributed by atoms with van der Waals surface area (Å²) in [6.45, 7) is 7.18. The van der Waals surface area contributed by atoms with Gasteiger partial charge in [-0.1, -0.05) is 0 Å². The molecule has 0 radical (unpaired) electrons. The number of likely N-dealkylation sites (tertiary alicyclic amines) is 2. The quantitative estimate of drug-likeness (QED) is 0.687. The predicted molar refractivity (Wildman–Crippen MR) is 70.8 cm³/mol. The van der Waals surface area contributed by atoms with Gasteiger partial charge in [0, 0.05) is 19.2 Å². The van der Waals surface area contributed by atoms with Crippen LogP contribution >= 0.6 is 0 Å². The summed E-state index contributed by atoms with van der Waals surface area (Å²) in [6.07, 6.45) is 5.60. The van der Waals surface area contributed by atoms with E-state index in [1.807, 2.05) is 0 Å². The third-order valence-electron chi connectivity index (χ3n) is 3.77. The van der Waals surface area contributed by atoms with Gasteiger partial charge in [0.15, 0.2) is 0 Å². The van der Waals surface area contributed by atoms with E-state index in [9.17, 15) is 0 Å². The van der Waals surface area contributed by atoms with Crippen LogP contribution in [0.1, 0.15) is 39.5 Å². The summed E-state index contributed by atoms with van der Waals surface area (Å²) in [5, 5.41) is 7.00. The number of hydrogen-bond donors (Lipinski definition) is 1. The molecule has 0 amide bonds. The first-order valence-corrected chi connectivity index (χ1v) is 6.46. The highest BCUT2D eigenvalue weighted by Crippen LogP contribution is 2.12. The molecule has 98 valence electrons. The number of nitrogens with zero attached hydrogens (tertiary/aromatic N) is 2. The first kappa shape index (κ1) is 15.9. The Hall–Kier alpha value is -0.120. The fourth-order valence-electron chi connectivity index (χ4n) is 2.15. The molecule has 2 saturated heterocycles. The molecule has 3 heteroatoms. The number of hydrogen-bond acceptors (Lipinski definition) is 3. The average molecular weight is 230 g/mol. The molecule has 0 bridgehead atoms. The third kappa shape index (κ3) is 5.83. The summed E-state index contributed by atoms with van der Waals surface area (Å²) in [5.41, 5.74) is 0. The van der Waals surface area contributed by atoms with E-state index in [-0.39, 0.29) is 0 Å². The molecule has 0 aliphatic carbocycles. The number of aliphatic hydroxyl groups excluding tert-OH is 1. The summed E-state index contributed by atoms with van der Waals surface area (Å²) in [4.78, 5) is 4.81. The highest BCUT2D eigenvalue weighted by atomic mass is 16.2. The fourth-order valence-corrected chi connectivity index (χ4v) is 2.15. The first-order valence-electron chi connectivity index (χ1n) is 6.46. The summed E-state index contributed by atoms with van der Waals surface area (Å²) in [6, 6.07) is 1.69. The van der Waals surface area contributed by atoms with Crippen molar-refractivity contribution < 1.29 is 5.11 Å². The average Bonchev–Trinajstić information content (AvgIpc) is 2.83. The molecule has 2 unspecified atom stereocenters. The van der Waals surface area contributed by atoms with Crippen LogP contribution in [0, 0.1) is 0 Å². The Morgan fingerprint density at radius 2 is 1.12 bits per heavy atom.